The minimum Gasteiger partial charge on any atom is -0.449 e. The lowest BCUT2D eigenvalue weighted by Crippen LogP contribution is -2.11. The molecule has 0 amide bonds. The van der Waals surface area contributed by atoms with Crippen LogP contribution >= 0.6 is 0 Å². The van der Waals surface area contributed by atoms with Gasteiger partial charge in [-0.1, -0.05) is 6.42 Å². The first kappa shape index (κ1) is 9.40. The number of rotatable bonds is 3. The third-order valence-electron chi connectivity index (χ3n) is 3.72. The Hall–Kier alpha value is -0.830. The molecule has 1 aromatic rings. The highest BCUT2D eigenvalue weighted by molar-refractivity contribution is 5.08. The molecule has 15 heavy (non-hydrogen) atoms. The topological polar surface area (TPSA) is 38.1 Å². The number of hydrogen-bond acceptors (Lipinski definition) is 3. The molecule has 1 aliphatic heterocycles. The minimum absolute atomic E-state index is 0.698. The molecular weight excluding hydrogens is 188 g/mol. The Morgan fingerprint density at radius 1 is 1.40 bits per heavy atom. The Morgan fingerprint density at radius 2 is 2.33 bits per heavy atom. The van der Waals surface area contributed by atoms with Crippen LogP contribution < -0.4 is 5.32 Å². The van der Waals surface area contributed by atoms with E-state index in [9.17, 15) is 0 Å². The van der Waals surface area contributed by atoms with E-state index in [-0.39, 0.29) is 0 Å². The van der Waals surface area contributed by atoms with Crippen LogP contribution in [0.3, 0.4) is 0 Å². The van der Waals surface area contributed by atoms with Gasteiger partial charge in [0.2, 0.25) is 0 Å². The normalized spacial score (nSPS) is 26.8. The van der Waals surface area contributed by atoms with Crippen LogP contribution in [0.25, 0.3) is 0 Å². The summed E-state index contributed by atoms with van der Waals surface area (Å²) in [6.45, 7) is 2.28. The van der Waals surface area contributed by atoms with Crippen LogP contribution in [-0.4, -0.2) is 18.1 Å². The van der Waals surface area contributed by atoms with Crippen molar-refractivity contribution in [1.82, 2.24) is 10.3 Å². The van der Waals surface area contributed by atoms with Gasteiger partial charge in [-0.15, -0.1) is 0 Å². The smallest absolute Gasteiger partial charge is 0.194 e. The molecule has 1 atom stereocenters. The SMILES string of the molecule is c1oc(CC2CCNC2)nc1C1CCC1. The number of oxazole rings is 1. The quantitative estimate of drug-likeness (QED) is 0.823. The van der Waals surface area contributed by atoms with Gasteiger partial charge in [0.15, 0.2) is 5.89 Å². The van der Waals surface area contributed by atoms with Crippen molar-refractivity contribution in [2.45, 2.75) is 38.0 Å². The highest BCUT2D eigenvalue weighted by atomic mass is 16.3. The van der Waals surface area contributed by atoms with Gasteiger partial charge in [-0.3, -0.25) is 0 Å². The Labute approximate surface area is 90.3 Å². The van der Waals surface area contributed by atoms with E-state index in [1.807, 2.05) is 6.26 Å². The second-order valence-electron chi connectivity index (χ2n) is 4.86. The van der Waals surface area contributed by atoms with E-state index in [0.29, 0.717) is 5.92 Å². The first-order valence-electron chi connectivity index (χ1n) is 6.07. The molecule has 1 aromatic heterocycles. The molecule has 82 valence electrons. The molecule has 2 heterocycles. The third kappa shape index (κ3) is 1.93. The fourth-order valence-electron chi connectivity index (χ4n) is 2.45. The number of aromatic nitrogens is 1. The predicted octanol–water partition coefficient (Wildman–Crippen LogP) is 2.09. The van der Waals surface area contributed by atoms with E-state index in [1.165, 1.54) is 31.4 Å². The van der Waals surface area contributed by atoms with Crippen LogP contribution in [0.15, 0.2) is 10.7 Å². The minimum atomic E-state index is 0.698. The van der Waals surface area contributed by atoms with Crippen LogP contribution in [0, 0.1) is 5.92 Å². The fourth-order valence-corrected chi connectivity index (χ4v) is 2.45. The van der Waals surface area contributed by atoms with Crippen LogP contribution in [0.1, 0.15) is 43.2 Å². The maximum Gasteiger partial charge on any atom is 0.194 e. The molecule has 0 radical (unpaired) electrons. The second-order valence-corrected chi connectivity index (χ2v) is 4.86. The molecule has 3 nitrogen and oxygen atoms in total. The molecule has 0 aromatic carbocycles. The molecule has 2 fully saturated rings. The molecule has 0 bridgehead atoms. The molecule has 1 aliphatic carbocycles. The molecule has 3 heteroatoms. The predicted molar refractivity (Wildman–Crippen MR) is 57.8 cm³/mol. The summed E-state index contributed by atoms with van der Waals surface area (Å²) in [6, 6.07) is 0. The van der Waals surface area contributed by atoms with E-state index >= 15 is 0 Å². The van der Waals surface area contributed by atoms with Gasteiger partial charge in [-0.05, 0) is 38.3 Å². The summed E-state index contributed by atoms with van der Waals surface area (Å²) < 4.78 is 5.54. The summed E-state index contributed by atoms with van der Waals surface area (Å²) in [5, 5.41) is 3.38. The van der Waals surface area contributed by atoms with Crippen molar-refractivity contribution in [2.24, 2.45) is 5.92 Å². The van der Waals surface area contributed by atoms with Gasteiger partial charge in [0.1, 0.15) is 6.26 Å². The van der Waals surface area contributed by atoms with E-state index in [2.05, 4.69) is 10.3 Å². The largest absolute Gasteiger partial charge is 0.449 e. The van der Waals surface area contributed by atoms with Gasteiger partial charge in [-0.25, -0.2) is 4.98 Å². The molecular formula is C12H18N2O. The van der Waals surface area contributed by atoms with Crippen molar-refractivity contribution in [3.63, 3.8) is 0 Å². The van der Waals surface area contributed by atoms with Gasteiger partial charge in [0.25, 0.3) is 0 Å². The zero-order valence-corrected chi connectivity index (χ0v) is 9.04. The van der Waals surface area contributed by atoms with E-state index in [0.717, 1.165) is 31.3 Å². The zero-order chi connectivity index (χ0) is 10.1. The maximum absolute atomic E-state index is 5.54. The van der Waals surface area contributed by atoms with Crippen molar-refractivity contribution in [3.8, 4) is 0 Å². The molecule has 3 rings (SSSR count). The van der Waals surface area contributed by atoms with Gasteiger partial charge >= 0.3 is 0 Å². The van der Waals surface area contributed by atoms with Crippen LogP contribution in [0.4, 0.5) is 0 Å². The average molecular weight is 206 g/mol. The molecule has 2 aliphatic rings. The Morgan fingerprint density at radius 3 is 3.00 bits per heavy atom. The van der Waals surface area contributed by atoms with Crippen molar-refractivity contribution >= 4 is 0 Å². The summed E-state index contributed by atoms with van der Waals surface area (Å²) in [5.41, 5.74) is 1.20. The zero-order valence-electron chi connectivity index (χ0n) is 9.04. The lowest BCUT2D eigenvalue weighted by molar-refractivity contribution is 0.409. The molecule has 1 unspecified atom stereocenters. The Kier molecular flexibility index (Phi) is 2.49. The first-order chi connectivity index (χ1) is 7.42. The average Bonchev–Trinajstić information content (AvgIpc) is 2.75. The maximum atomic E-state index is 5.54. The van der Waals surface area contributed by atoms with Gasteiger partial charge < -0.3 is 9.73 Å². The summed E-state index contributed by atoms with van der Waals surface area (Å²) in [5.74, 6) is 2.38. The summed E-state index contributed by atoms with van der Waals surface area (Å²) in [4.78, 5) is 4.60. The standard InChI is InChI=1S/C12H18N2O/c1-2-10(3-1)11-8-15-12(14-11)6-9-4-5-13-7-9/h8-10,13H,1-7H2. The summed E-state index contributed by atoms with van der Waals surface area (Å²) >= 11 is 0. The van der Waals surface area contributed by atoms with Gasteiger partial charge in [-0.2, -0.15) is 0 Å². The van der Waals surface area contributed by atoms with Crippen molar-refractivity contribution < 1.29 is 4.42 Å². The summed E-state index contributed by atoms with van der Waals surface area (Å²) in [7, 11) is 0. The van der Waals surface area contributed by atoms with Gasteiger partial charge in [0.05, 0.1) is 5.69 Å². The van der Waals surface area contributed by atoms with E-state index < -0.39 is 0 Å². The van der Waals surface area contributed by atoms with Crippen molar-refractivity contribution in [1.29, 1.82) is 0 Å². The first-order valence-corrected chi connectivity index (χ1v) is 6.07. The monoisotopic (exact) mass is 206 g/mol. The van der Waals surface area contributed by atoms with Crippen LogP contribution in [-0.2, 0) is 6.42 Å². The lowest BCUT2D eigenvalue weighted by atomic mass is 9.83. The van der Waals surface area contributed by atoms with E-state index in [1.54, 1.807) is 0 Å². The number of nitrogens with one attached hydrogen (secondary N) is 1. The molecule has 1 saturated heterocycles. The molecule has 0 spiro atoms. The van der Waals surface area contributed by atoms with Crippen molar-refractivity contribution in [2.75, 3.05) is 13.1 Å². The number of nitrogens with zero attached hydrogens (tertiary/aromatic N) is 1. The third-order valence-corrected chi connectivity index (χ3v) is 3.72. The highest BCUT2D eigenvalue weighted by Gasteiger charge is 2.24. The van der Waals surface area contributed by atoms with E-state index in [4.69, 9.17) is 4.42 Å². The Bertz CT molecular complexity index is 324. The second kappa shape index (κ2) is 3.97. The van der Waals surface area contributed by atoms with Crippen LogP contribution in [0.5, 0.6) is 0 Å². The number of hydrogen-bond donors (Lipinski definition) is 1. The fraction of sp³-hybridized carbons (Fsp3) is 0.750. The van der Waals surface area contributed by atoms with Gasteiger partial charge in [0, 0.05) is 12.3 Å². The highest BCUT2D eigenvalue weighted by Crippen LogP contribution is 2.35. The summed E-state index contributed by atoms with van der Waals surface area (Å²) in [6.07, 6.45) is 8.12. The molecule has 1 N–H and O–H groups in total. The van der Waals surface area contributed by atoms with Crippen molar-refractivity contribution in [3.05, 3.63) is 17.8 Å². The van der Waals surface area contributed by atoms with Crippen LogP contribution in [0.2, 0.25) is 0 Å². The lowest BCUT2D eigenvalue weighted by Gasteiger charge is -2.22. The Balaban J connectivity index is 1.62. The molecule has 1 saturated carbocycles.